The van der Waals surface area contributed by atoms with Gasteiger partial charge in [-0.3, -0.25) is 4.79 Å². The molecule has 3 heteroatoms. The van der Waals surface area contributed by atoms with Crippen LogP contribution in [0.4, 0.5) is 0 Å². The Balaban J connectivity index is 4.23. The lowest BCUT2D eigenvalue weighted by atomic mass is 9.97. The normalized spacial score (nSPS) is 13.5. The topological polar surface area (TPSA) is 26.3 Å². The molecule has 0 aliphatic heterocycles. The van der Waals surface area contributed by atoms with E-state index in [1.807, 2.05) is 0 Å². The first-order chi connectivity index (χ1) is 10.5. The molecule has 0 N–H and O–H groups in total. The lowest BCUT2D eigenvalue weighted by Crippen LogP contribution is -2.36. The Hall–Kier alpha value is -0.573. The maximum atomic E-state index is 12.5. The van der Waals surface area contributed by atoms with Gasteiger partial charge in [-0.2, -0.15) is 0 Å². The Bertz CT molecular complexity index is 311. The van der Waals surface area contributed by atoms with Gasteiger partial charge in [-0.15, -0.1) is 0 Å². The summed E-state index contributed by atoms with van der Waals surface area (Å²) in [4.78, 5) is 12.5. The minimum absolute atomic E-state index is 0.0821. The van der Waals surface area contributed by atoms with E-state index in [1.54, 1.807) is 0 Å². The highest BCUT2D eigenvalue weighted by atomic mass is 28.4. The molecule has 0 aromatic rings. The summed E-state index contributed by atoms with van der Waals surface area (Å²) in [5, 5.41) is 0. The van der Waals surface area contributed by atoms with Crippen molar-refractivity contribution in [3.8, 4) is 0 Å². The van der Waals surface area contributed by atoms with Crippen LogP contribution in [0.5, 0.6) is 0 Å². The largest absolute Gasteiger partial charge is 0.519 e. The van der Waals surface area contributed by atoms with Crippen LogP contribution in [0.3, 0.4) is 0 Å². The van der Waals surface area contributed by atoms with E-state index >= 15 is 0 Å². The van der Waals surface area contributed by atoms with Gasteiger partial charge in [0.25, 0.3) is 5.97 Å². The summed E-state index contributed by atoms with van der Waals surface area (Å²) in [7, 11) is -1.81. The molecule has 0 aliphatic rings. The maximum Gasteiger partial charge on any atom is 0.295 e. The van der Waals surface area contributed by atoms with E-state index in [2.05, 4.69) is 46.0 Å². The summed E-state index contributed by atoms with van der Waals surface area (Å²) in [5.41, 5.74) is 0. The van der Waals surface area contributed by atoms with E-state index in [1.165, 1.54) is 19.3 Å². The molecule has 0 rings (SSSR count). The Labute approximate surface area is 139 Å². The smallest absolute Gasteiger partial charge is 0.295 e. The third kappa shape index (κ3) is 11.1. The number of carbonyl (C=O) groups excluding carboxylic acids is 1. The maximum absolute atomic E-state index is 12.5. The molecule has 0 aliphatic carbocycles. The van der Waals surface area contributed by atoms with Gasteiger partial charge in [0.15, 0.2) is 0 Å². The lowest BCUT2D eigenvalue weighted by Gasteiger charge is -2.26. The number of carbonyl (C=O) groups is 1. The number of allylic oxidation sites excluding steroid dienone is 2. The van der Waals surface area contributed by atoms with Gasteiger partial charge in [0.05, 0.1) is 5.92 Å². The average molecular weight is 327 g/mol. The van der Waals surface area contributed by atoms with Gasteiger partial charge in [-0.05, 0) is 51.2 Å². The van der Waals surface area contributed by atoms with Crippen molar-refractivity contribution in [2.45, 2.75) is 97.7 Å². The predicted octanol–water partition coefficient (Wildman–Crippen LogP) is 6.48. The van der Waals surface area contributed by atoms with Crippen molar-refractivity contribution in [3.63, 3.8) is 0 Å². The van der Waals surface area contributed by atoms with Gasteiger partial charge in [0.1, 0.15) is 0 Å². The van der Waals surface area contributed by atoms with Crippen LogP contribution in [0.1, 0.15) is 78.6 Å². The standard InChI is InChI=1S/C19H38O2Si/c1-6-9-11-12-13-14-16-18(15-8-3)19(20)21-22(4,5)17-10-7-2/h9,11,18H,6-8,10,12-17H2,1-5H3. The van der Waals surface area contributed by atoms with Crippen LogP contribution >= 0.6 is 0 Å². The van der Waals surface area contributed by atoms with Crippen LogP contribution in [-0.4, -0.2) is 14.3 Å². The van der Waals surface area contributed by atoms with Gasteiger partial charge in [-0.25, -0.2) is 0 Å². The number of rotatable bonds is 13. The van der Waals surface area contributed by atoms with Crippen LogP contribution in [0.2, 0.25) is 19.1 Å². The number of hydrogen-bond acceptors (Lipinski definition) is 2. The third-order valence-electron chi connectivity index (χ3n) is 4.06. The first-order valence-electron chi connectivity index (χ1n) is 9.34. The SMILES string of the molecule is CCC=CCCCCC(CCC)C(=O)O[Si](C)(C)CCCC. The summed E-state index contributed by atoms with van der Waals surface area (Å²) >= 11 is 0. The summed E-state index contributed by atoms with van der Waals surface area (Å²) < 4.78 is 5.94. The fourth-order valence-corrected chi connectivity index (χ4v) is 4.69. The van der Waals surface area contributed by atoms with Crippen molar-refractivity contribution in [1.82, 2.24) is 0 Å². The molecule has 0 radical (unpaired) electrons. The minimum Gasteiger partial charge on any atom is -0.519 e. The predicted molar refractivity (Wildman–Crippen MR) is 99.6 cm³/mol. The molecule has 1 atom stereocenters. The Morgan fingerprint density at radius 2 is 1.73 bits per heavy atom. The molecule has 0 aromatic heterocycles. The second kappa shape index (κ2) is 12.9. The monoisotopic (exact) mass is 326 g/mol. The number of unbranched alkanes of at least 4 members (excludes halogenated alkanes) is 3. The third-order valence-corrected chi connectivity index (χ3v) is 6.37. The lowest BCUT2D eigenvalue weighted by molar-refractivity contribution is -0.140. The van der Waals surface area contributed by atoms with E-state index in [0.717, 1.165) is 44.6 Å². The zero-order valence-electron chi connectivity index (χ0n) is 15.6. The van der Waals surface area contributed by atoms with E-state index in [-0.39, 0.29) is 11.9 Å². The minimum atomic E-state index is -1.81. The molecule has 0 saturated heterocycles. The van der Waals surface area contributed by atoms with E-state index in [9.17, 15) is 4.79 Å². The second-order valence-corrected chi connectivity index (χ2v) is 11.2. The quantitative estimate of drug-likeness (QED) is 0.220. The number of hydrogen-bond donors (Lipinski definition) is 0. The summed E-state index contributed by atoms with van der Waals surface area (Å²) in [5.74, 6) is 0.201. The highest BCUT2D eigenvalue weighted by Gasteiger charge is 2.29. The first kappa shape index (κ1) is 21.4. The molecule has 0 heterocycles. The van der Waals surface area contributed by atoms with Crippen LogP contribution in [-0.2, 0) is 9.22 Å². The van der Waals surface area contributed by atoms with Gasteiger partial charge >= 0.3 is 0 Å². The molecule has 22 heavy (non-hydrogen) atoms. The molecule has 0 aromatic carbocycles. The van der Waals surface area contributed by atoms with Gasteiger partial charge in [-0.1, -0.05) is 58.6 Å². The molecule has 2 nitrogen and oxygen atoms in total. The van der Waals surface area contributed by atoms with Crippen LogP contribution in [0.25, 0.3) is 0 Å². The van der Waals surface area contributed by atoms with Gasteiger partial charge in [0, 0.05) is 0 Å². The van der Waals surface area contributed by atoms with Crippen molar-refractivity contribution < 1.29 is 9.22 Å². The molecule has 0 saturated carbocycles. The van der Waals surface area contributed by atoms with Crippen LogP contribution < -0.4 is 0 Å². The fraction of sp³-hybridized carbons (Fsp3) is 0.842. The average Bonchev–Trinajstić information content (AvgIpc) is 2.47. The van der Waals surface area contributed by atoms with Gasteiger partial charge in [0.2, 0.25) is 8.32 Å². The van der Waals surface area contributed by atoms with Crippen molar-refractivity contribution in [2.24, 2.45) is 5.92 Å². The Morgan fingerprint density at radius 1 is 1.00 bits per heavy atom. The van der Waals surface area contributed by atoms with Crippen LogP contribution in [0.15, 0.2) is 12.2 Å². The molecule has 0 bridgehead atoms. The van der Waals surface area contributed by atoms with Crippen LogP contribution in [0, 0.1) is 5.92 Å². The zero-order valence-corrected chi connectivity index (χ0v) is 16.6. The van der Waals surface area contributed by atoms with Crippen molar-refractivity contribution in [1.29, 1.82) is 0 Å². The highest BCUT2D eigenvalue weighted by molar-refractivity contribution is 6.72. The Morgan fingerprint density at radius 3 is 2.32 bits per heavy atom. The molecular weight excluding hydrogens is 288 g/mol. The van der Waals surface area contributed by atoms with E-state index in [0.29, 0.717) is 0 Å². The summed E-state index contributed by atoms with van der Waals surface area (Å²) in [6, 6.07) is 1.09. The molecule has 1 unspecified atom stereocenters. The van der Waals surface area contributed by atoms with E-state index < -0.39 is 8.32 Å². The molecule has 130 valence electrons. The van der Waals surface area contributed by atoms with Crippen molar-refractivity contribution >= 4 is 14.3 Å². The molecule has 0 fully saturated rings. The molecule has 0 spiro atoms. The second-order valence-electron chi connectivity index (χ2n) is 6.93. The Kier molecular flexibility index (Phi) is 12.6. The summed E-state index contributed by atoms with van der Waals surface area (Å²) in [6.07, 6.45) is 14.4. The highest BCUT2D eigenvalue weighted by Crippen LogP contribution is 2.22. The van der Waals surface area contributed by atoms with Gasteiger partial charge < -0.3 is 4.43 Å². The first-order valence-corrected chi connectivity index (χ1v) is 12.5. The summed E-state index contributed by atoms with van der Waals surface area (Å²) in [6.45, 7) is 10.9. The zero-order chi connectivity index (χ0) is 16.8. The molecule has 0 amide bonds. The van der Waals surface area contributed by atoms with E-state index in [4.69, 9.17) is 4.43 Å². The fourth-order valence-electron chi connectivity index (χ4n) is 2.68. The molecular formula is C19H38O2Si. The van der Waals surface area contributed by atoms with Crippen molar-refractivity contribution in [3.05, 3.63) is 12.2 Å². The van der Waals surface area contributed by atoms with Crippen molar-refractivity contribution in [2.75, 3.05) is 0 Å².